The van der Waals surface area contributed by atoms with Crippen LogP contribution in [0, 0.1) is 11.7 Å². The fraction of sp³-hybridized carbons (Fsp3) is 0.469. The number of nitrogens with zero attached hydrogens (tertiary/aromatic N) is 3. The zero-order valence-corrected chi connectivity index (χ0v) is 24.0. The summed E-state index contributed by atoms with van der Waals surface area (Å²) in [7, 11) is -1.18. The highest BCUT2D eigenvalue weighted by molar-refractivity contribution is 7.91. The number of halogens is 1. The molecule has 3 heterocycles. The van der Waals surface area contributed by atoms with Crippen molar-refractivity contribution < 1.29 is 12.8 Å². The van der Waals surface area contributed by atoms with Crippen molar-refractivity contribution in [2.24, 2.45) is 5.92 Å². The van der Waals surface area contributed by atoms with Crippen molar-refractivity contribution >= 4 is 15.5 Å². The predicted octanol–water partition coefficient (Wildman–Crippen LogP) is 4.93. The van der Waals surface area contributed by atoms with Crippen LogP contribution in [-0.2, 0) is 29.2 Å². The second-order valence-corrected chi connectivity index (χ2v) is 13.8. The summed E-state index contributed by atoms with van der Waals surface area (Å²) in [5.74, 6) is -0.184. The molecule has 0 unspecified atom stereocenters. The van der Waals surface area contributed by atoms with Crippen molar-refractivity contribution in [3.63, 3.8) is 0 Å². The molecule has 1 saturated heterocycles. The topological polar surface area (TPSA) is 65.5 Å². The van der Waals surface area contributed by atoms with Crippen molar-refractivity contribution in [1.29, 1.82) is 0 Å². The summed E-state index contributed by atoms with van der Waals surface area (Å²) in [6, 6.07) is 16.8. The zero-order chi connectivity index (χ0) is 27.7. The molecule has 212 valence electrons. The van der Waals surface area contributed by atoms with E-state index in [-0.39, 0.29) is 16.6 Å². The number of hydrogen-bond acceptors (Lipinski definition) is 6. The van der Waals surface area contributed by atoms with Gasteiger partial charge in [-0.3, -0.25) is 9.88 Å². The Morgan fingerprint density at radius 3 is 2.60 bits per heavy atom. The Kier molecular flexibility index (Phi) is 7.93. The molecule has 8 heteroatoms. The van der Waals surface area contributed by atoms with Gasteiger partial charge in [-0.05, 0) is 105 Å². The van der Waals surface area contributed by atoms with Gasteiger partial charge in [0, 0.05) is 44.1 Å². The molecule has 6 rings (SSSR count). The summed E-state index contributed by atoms with van der Waals surface area (Å²) < 4.78 is 39.1. The lowest BCUT2D eigenvalue weighted by Crippen LogP contribution is -2.46. The van der Waals surface area contributed by atoms with Crippen LogP contribution in [0.2, 0.25) is 0 Å². The molecule has 0 amide bonds. The molecule has 0 spiro atoms. The first-order valence-electron chi connectivity index (χ1n) is 14.6. The maximum absolute atomic E-state index is 13.3. The van der Waals surface area contributed by atoms with E-state index >= 15 is 0 Å². The van der Waals surface area contributed by atoms with Gasteiger partial charge in [0.25, 0.3) is 0 Å². The molecule has 3 aromatic rings. The maximum Gasteiger partial charge on any atom is 0.178 e. The summed E-state index contributed by atoms with van der Waals surface area (Å²) in [6.45, 7) is 3.54. The number of benzene rings is 2. The molecule has 0 saturated carbocycles. The monoisotopic (exact) mass is 562 g/mol. The number of aryl methyl sites for hydroxylation is 1. The molecule has 3 aliphatic rings. The van der Waals surface area contributed by atoms with E-state index in [2.05, 4.69) is 52.5 Å². The minimum absolute atomic E-state index is 0.112. The summed E-state index contributed by atoms with van der Waals surface area (Å²) in [5.41, 5.74) is 6.73. The van der Waals surface area contributed by atoms with Gasteiger partial charge in [-0.15, -0.1) is 0 Å². The standard InChI is InChI=1S/C32H39FN4O2S/c1-36(31-9-2-5-24-7-4-16-34-32(24)31)21-27-19-29-25(20-35-27)6-3-8-30(29)37-17-14-23(15-18-37)22-40(38,39)28-12-10-26(33)11-13-28/h3-4,6-8,10-13,16,23,27,31,35H,2,5,9,14-15,17-22H2,1H3/t27-,31+/m1/s1. The van der Waals surface area contributed by atoms with Crippen molar-refractivity contribution in [2.45, 2.75) is 62.0 Å². The van der Waals surface area contributed by atoms with E-state index < -0.39 is 15.7 Å². The van der Waals surface area contributed by atoms with E-state index in [0.717, 1.165) is 58.3 Å². The van der Waals surface area contributed by atoms with Crippen molar-refractivity contribution in [3.8, 4) is 0 Å². The first-order valence-corrected chi connectivity index (χ1v) is 16.2. The van der Waals surface area contributed by atoms with Crippen LogP contribution < -0.4 is 10.2 Å². The normalized spacial score (nSPS) is 21.7. The molecule has 2 aromatic carbocycles. The third kappa shape index (κ3) is 5.80. The average Bonchev–Trinajstić information content (AvgIpc) is 2.97. The average molecular weight is 563 g/mol. The minimum Gasteiger partial charge on any atom is -0.371 e. The molecular weight excluding hydrogens is 523 g/mol. The summed E-state index contributed by atoms with van der Waals surface area (Å²) in [5, 5.41) is 3.78. The molecule has 6 nitrogen and oxygen atoms in total. The smallest absolute Gasteiger partial charge is 0.178 e. The Morgan fingerprint density at radius 2 is 1.80 bits per heavy atom. The van der Waals surface area contributed by atoms with E-state index in [1.807, 2.05) is 6.20 Å². The largest absolute Gasteiger partial charge is 0.371 e. The van der Waals surface area contributed by atoms with Crippen LogP contribution in [0.15, 0.2) is 65.7 Å². The van der Waals surface area contributed by atoms with Crippen LogP contribution in [0.1, 0.15) is 54.1 Å². The number of piperidine rings is 1. The molecule has 1 aromatic heterocycles. The number of nitrogens with one attached hydrogen (secondary N) is 1. The summed E-state index contributed by atoms with van der Waals surface area (Å²) >= 11 is 0. The van der Waals surface area contributed by atoms with E-state index in [1.54, 1.807) is 0 Å². The quantitative estimate of drug-likeness (QED) is 0.412. The van der Waals surface area contributed by atoms with Gasteiger partial charge in [-0.1, -0.05) is 18.2 Å². The lowest BCUT2D eigenvalue weighted by molar-refractivity contribution is 0.191. The van der Waals surface area contributed by atoms with Gasteiger partial charge in [-0.2, -0.15) is 0 Å². The Hall–Kier alpha value is -2.81. The van der Waals surface area contributed by atoms with Gasteiger partial charge < -0.3 is 10.2 Å². The van der Waals surface area contributed by atoms with Gasteiger partial charge in [0.2, 0.25) is 0 Å². The second-order valence-electron chi connectivity index (χ2n) is 11.8. The molecule has 1 fully saturated rings. The first kappa shape index (κ1) is 27.4. The van der Waals surface area contributed by atoms with Gasteiger partial charge in [0.1, 0.15) is 5.82 Å². The third-order valence-corrected chi connectivity index (χ3v) is 11.0. The lowest BCUT2D eigenvalue weighted by atomic mass is 9.89. The number of pyridine rings is 1. The molecule has 2 atom stereocenters. The van der Waals surface area contributed by atoms with Crippen LogP contribution in [0.5, 0.6) is 0 Å². The predicted molar refractivity (Wildman–Crippen MR) is 157 cm³/mol. The van der Waals surface area contributed by atoms with Crippen LogP contribution in [-0.4, -0.2) is 56.8 Å². The molecule has 1 N–H and O–H groups in total. The number of fused-ring (bicyclic) bond motifs is 2. The Balaban J connectivity index is 1.09. The van der Waals surface area contributed by atoms with Crippen LogP contribution in [0.4, 0.5) is 10.1 Å². The third-order valence-electron chi connectivity index (χ3n) is 9.07. The van der Waals surface area contributed by atoms with Gasteiger partial charge in [0.15, 0.2) is 9.84 Å². The zero-order valence-electron chi connectivity index (χ0n) is 23.2. The highest BCUT2D eigenvalue weighted by Gasteiger charge is 2.31. The summed E-state index contributed by atoms with van der Waals surface area (Å²) in [4.78, 5) is 9.91. The van der Waals surface area contributed by atoms with Gasteiger partial charge in [0.05, 0.1) is 22.4 Å². The van der Waals surface area contributed by atoms with Crippen molar-refractivity contribution in [3.05, 3.63) is 89.0 Å². The first-order chi connectivity index (χ1) is 19.4. The molecule has 40 heavy (non-hydrogen) atoms. The Morgan fingerprint density at radius 1 is 1.02 bits per heavy atom. The van der Waals surface area contributed by atoms with Crippen molar-refractivity contribution in [2.75, 3.05) is 37.3 Å². The minimum atomic E-state index is -3.42. The van der Waals surface area contributed by atoms with Crippen molar-refractivity contribution in [1.82, 2.24) is 15.2 Å². The number of aromatic nitrogens is 1. The van der Waals surface area contributed by atoms with Gasteiger partial charge in [-0.25, -0.2) is 12.8 Å². The Labute approximate surface area is 237 Å². The fourth-order valence-electron chi connectivity index (χ4n) is 6.90. The van der Waals surface area contributed by atoms with E-state index in [1.165, 1.54) is 58.8 Å². The number of hydrogen-bond donors (Lipinski definition) is 1. The summed E-state index contributed by atoms with van der Waals surface area (Å²) in [6.07, 6.45) is 8.07. The van der Waals surface area contributed by atoms with Crippen LogP contribution in [0.25, 0.3) is 0 Å². The van der Waals surface area contributed by atoms with E-state index in [9.17, 15) is 12.8 Å². The molecular formula is C32H39FN4O2S. The Bertz CT molecular complexity index is 1440. The van der Waals surface area contributed by atoms with Crippen LogP contribution in [0.3, 0.4) is 0 Å². The van der Waals surface area contributed by atoms with E-state index in [4.69, 9.17) is 4.98 Å². The van der Waals surface area contributed by atoms with E-state index in [0.29, 0.717) is 12.1 Å². The molecule has 1 aliphatic carbocycles. The number of likely N-dealkylation sites (N-methyl/N-ethyl adjacent to an activating group) is 1. The molecule has 0 radical (unpaired) electrons. The number of sulfone groups is 1. The highest BCUT2D eigenvalue weighted by Crippen LogP contribution is 2.35. The fourth-order valence-corrected chi connectivity index (χ4v) is 8.60. The highest BCUT2D eigenvalue weighted by atomic mass is 32.2. The lowest BCUT2D eigenvalue weighted by Gasteiger charge is -2.39. The molecule has 0 bridgehead atoms. The maximum atomic E-state index is 13.3. The SMILES string of the molecule is CN(C[C@H]1Cc2c(cccc2N2CCC(CS(=O)(=O)c3ccc(F)cc3)CC2)CN1)[C@H]1CCCc2cccnc21. The number of rotatable bonds is 7. The number of anilines is 1. The molecule has 2 aliphatic heterocycles. The van der Waals surface area contributed by atoms with Gasteiger partial charge >= 0.3 is 0 Å². The second kappa shape index (κ2) is 11.6. The van der Waals surface area contributed by atoms with Crippen LogP contribution >= 0.6 is 0 Å².